The number of fused-ring (bicyclic) bond motifs is 1. The number of carbonyl (C=O) groups excluding carboxylic acids is 4. The van der Waals surface area contributed by atoms with E-state index < -0.39 is 36.8 Å². The predicted molar refractivity (Wildman–Crippen MR) is 254 cm³/mol. The van der Waals surface area contributed by atoms with Crippen molar-refractivity contribution in [2.75, 3.05) is 86.7 Å². The Bertz CT molecular complexity index is 2740. The van der Waals surface area contributed by atoms with E-state index in [1.165, 1.54) is 0 Å². The van der Waals surface area contributed by atoms with Crippen LogP contribution in [0, 0.1) is 5.92 Å². The minimum atomic E-state index is -2.57. The van der Waals surface area contributed by atoms with E-state index in [1.807, 2.05) is 49.8 Å². The number of para-hydroxylation sites is 1. The number of ether oxygens (including phenoxy) is 1. The van der Waals surface area contributed by atoms with Gasteiger partial charge in [-0.05, 0) is 90.8 Å². The number of piperazine rings is 1. The molecule has 3 saturated heterocycles. The standard InChI is InChI=1S/C46H51BrN11O6P/c1-54-27-29(24-49-54)32-22-36(51-46-48-25-34(47)42(53-46)50-35-7-5-6-8-40(35)65(3,4)63)39(64-2)23-38(32)57-15-13-28(14-16-57)26-55-17-19-56(20-18-55)30-9-10-31-33(21-30)45(62)58(44(31)61)37-11-12-41(59)52-43(37)60/h5-10,21-25,27-28,37H,11-20,26H2,1-4H3,(H,52,59,60)(H2,48,50,51,53). The highest BCUT2D eigenvalue weighted by atomic mass is 79.9. The predicted octanol–water partition coefficient (Wildman–Crippen LogP) is 5.82. The van der Waals surface area contributed by atoms with Crippen LogP contribution in [-0.4, -0.2) is 125 Å². The number of piperidine rings is 2. The van der Waals surface area contributed by atoms with Gasteiger partial charge in [-0.1, -0.05) is 12.1 Å². The Balaban J connectivity index is 0.845. The van der Waals surface area contributed by atoms with E-state index >= 15 is 0 Å². The highest BCUT2D eigenvalue weighted by molar-refractivity contribution is 9.10. The van der Waals surface area contributed by atoms with Gasteiger partial charge in [-0.25, -0.2) is 4.98 Å². The minimum Gasteiger partial charge on any atom is -0.494 e. The van der Waals surface area contributed by atoms with Gasteiger partial charge in [0.1, 0.15) is 24.8 Å². The van der Waals surface area contributed by atoms with Gasteiger partial charge in [-0.2, -0.15) is 10.1 Å². The molecule has 1 atom stereocenters. The van der Waals surface area contributed by atoms with Gasteiger partial charge in [0.05, 0.1) is 40.3 Å². The third-order valence-electron chi connectivity index (χ3n) is 12.7. The van der Waals surface area contributed by atoms with E-state index in [0.29, 0.717) is 44.8 Å². The number of nitrogens with one attached hydrogen (secondary N) is 3. The molecule has 0 spiro atoms. The topological polar surface area (TPSA) is 187 Å². The highest BCUT2D eigenvalue weighted by Gasteiger charge is 2.45. The number of halogens is 1. The summed E-state index contributed by atoms with van der Waals surface area (Å²) in [5.74, 6) is 0.0438. The summed E-state index contributed by atoms with van der Waals surface area (Å²) in [6, 6.07) is 16.0. The summed E-state index contributed by atoms with van der Waals surface area (Å²) >= 11 is 3.58. The van der Waals surface area contributed by atoms with Gasteiger partial charge in [-0.3, -0.25) is 39.0 Å². The van der Waals surface area contributed by atoms with E-state index in [9.17, 15) is 23.7 Å². The SMILES string of the molecule is COc1cc(N2CCC(CN3CCN(c4ccc5c(c4)C(=O)N(C4CCC(=O)NC4=O)C5=O)CC3)CC2)c(-c2cnn(C)c2)cc1Nc1ncc(Br)c(Nc2ccccc2P(C)(C)=O)n1. The second-order valence-electron chi connectivity index (χ2n) is 17.4. The number of nitrogens with zero attached hydrogens (tertiary/aromatic N) is 8. The van der Waals surface area contributed by atoms with Gasteiger partial charge in [-0.15, -0.1) is 0 Å². The van der Waals surface area contributed by atoms with Crippen LogP contribution >= 0.6 is 23.1 Å². The van der Waals surface area contributed by atoms with Gasteiger partial charge in [0.2, 0.25) is 17.8 Å². The number of carbonyl (C=O) groups is 4. The first-order valence-electron chi connectivity index (χ1n) is 21.7. The molecule has 338 valence electrons. The molecule has 2 aromatic heterocycles. The van der Waals surface area contributed by atoms with Crippen molar-refractivity contribution in [3.8, 4) is 16.9 Å². The molecule has 0 saturated carbocycles. The number of aryl methyl sites for hydroxylation is 1. The molecular weight excluding hydrogens is 913 g/mol. The van der Waals surface area contributed by atoms with Crippen LogP contribution in [0.2, 0.25) is 0 Å². The van der Waals surface area contributed by atoms with Crippen LogP contribution in [0.3, 0.4) is 0 Å². The molecule has 6 heterocycles. The lowest BCUT2D eigenvalue weighted by molar-refractivity contribution is -0.136. The molecule has 3 fully saturated rings. The molecule has 3 N–H and O–H groups in total. The number of rotatable bonds is 12. The van der Waals surface area contributed by atoms with Crippen LogP contribution in [0.4, 0.5) is 34.5 Å². The summed E-state index contributed by atoms with van der Waals surface area (Å²) in [5.41, 5.74) is 5.90. The maximum absolute atomic E-state index is 13.4. The Morgan fingerprint density at radius 1 is 0.846 bits per heavy atom. The first kappa shape index (κ1) is 44.1. The van der Waals surface area contributed by atoms with Gasteiger partial charge < -0.3 is 29.7 Å². The Morgan fingerprint density at radius 3 is 2.31 bits per heavy atom. The third-order valence-corrected chi connectivity index (χ3v) is 14.8. The maximum atomic E-state index is 13.4. The number of methoxy groups -OCH3 is 1. The molecule has 4 amide bonds. The zero-order valence-corrected chi connectivity index (χ0v) is 39.2. The number of benzene rings is 3. The fraction of sp³-hybridized carbons (Fsp3) is 0.370. The van der Waals surface area contributed by atoms with E-state index in [-0.39, 0.29) is 18.4 Å². The molecule has 1 unspecified atom stereocenters. The van der Waals surface area contributed by atoms with E-state index in [0.717, 1.165) is 91.4 Å². The zero-order valence-electron chi connectivity index (χ0n) is 36.7. The molecule has 4 aliphatic rings. The van der Waals surface area contributed by atoms with Crippen LogP contribution in [0.25, 0.3) is 11.1 Å². The highest BCUT2D eigenvalue weighted by Crippen LogP contribution is 2.43. The van der Waals surface area contributed by atoms with Crippen molar-refractivity contribution in [1.29, 1.82) is 0 Å². The summed E-state index contributed by atoms with van der Waals surface area (Å²) in [6.45, 7) is 9.54. The summed E-state index contributed by atoms with van der Waals surface area (Å²) in [5, 5.41) is 14.2. The molecule has 65 heavy (non-hydrogen) atoms. The molecule has 0 aliphatic carbocycles. The average Bonchev–Trinajstić information content (AvgIpc) is 3.84. The molecule has 5 aromatic rings. The van der Waals surface area contributed by atoms with Crippen molar-refractivity contribution in [2.24, 2.45) is 13.0 Å². The lowest BCUT2D eigenvalue weighted by Crippen LogP contribution is -2.54. The first-order valence-corrected chi connectivity index (χ1v) is 25.1. The second-order valence-corrected chi connectivity index (χ2v) is 21.4. The van der Waals surface area contributed by atoms with Crippen LogP contribution in [-0.2, 0) is 21.2 Å². The van der Waals surface area contributed by atoms with Crippen LogP contribution in [0.5, 0.6) is 5.75 Å². The molecular formula is C46H51BrN11O6P. The number of imide groups is 2. The Kier molecular flexibility index (Phi) is 12.3. The lowest BCUT2D eigenvalue weighted by atomic mass is 9.94. The molecule has 0 bridgehead atoms. The summed E-state index contributed by atoms with van der Waals surface area (Å²) in [7, 11) is 0.993. The largest absolute Gasteiger partial charge is 0.494 e. The van der Waals surface area contributed by atoms with Crippen LogP contribution in [0.1, 0.15) is 46.4 Å². The van der Waals surface area contributed by atoms with E-state index in [4.69, 9.17) is 9.72 Å². The van der Waals surface area contributed by atoms with Gasteiger partial charge >= 0.3 is 0 Å². The monoisotopic (exact) mass is 963 g/mol. The van der Waals surface area contributed by atoms with Crippen molar-refractivity contribution >= 4 is 86.5 Å². The quantitative estimate of drug-likeness (QED) is 0.100. The normalized spacial score (nSPS) is 18.5. The fourth-order valence-electron chi connectivity index (χ4n) is 9.27. The van der Waals surface area contributed by atoms with E-state index in [2.05, 4.69) is 68.8 Å². The smallest absolute Gasteiger partial charge is 0.262 e. The number of amides is 4. The number of aromatic nitrogens is 4. The Labute approximate surface area is 385 Å². The number of hydrogen-bond acceptors (Lipinski definition) is 14. The summed E-state index contributed by atoms with van der Waals surface area (Å²) in [4.78, 5) is 68.4. The van der Waals surface area contributed by atoms with Crippen LogP contribution < -0.4 is 35.8 Å². The van der Waals surface area contributed by atoms with Crippen molar-refractivity contribution in [3.05, 3.63) is 88.8 Å². The summed E-state index contributed by atoms with van der Waals surface area (Å²) in [6.07, 6.45) is 7.81. The molecule has 4 aliphatic heterocycles. The maximum Gasteiger partial charge on any atom is 0.262 e. The number of anilines is 6. The molecule has 3 aromatic carbocycles. The van der Waals surface area contributed by atoms with E-state index in [1.54, 1.807) is 43.5 Å². The van der Waals surface area contributed by atoms with Gasteiger partial charge in [0.25, 0.3) is 11.8 Å². The van der Waals surface area contributed by atoms with Crippen molar-refractivity contribution < 1.29 is 28.5 Å². The Hall–Kier alpha value is -6.10. The first-order chi connectivity index (χ1) is 31.2. The zero-order chi connectivity index (χ0) is 45.6. The molecule has 19 heteroatoms. The van der Waals surface area contributed by atoms with Crippen molar-refractivity contribution in [1.82, 2.24) is 34.9 Å². The fourth-order valence-corrected chi connectivity index (χ4v) is 10.7. The van der Waals surface area contributed by atoms with Gasteiger partial charge in [0.15, 0.2) is 0 Å². The van der Waals surface area contributed by atoms with Crippen molar-refractivity contribution in [3.63, 3.8) is 0 Å². The molecule has 17 nitrogen and oxygen atoms in total. The summed E-state index contributed by atoms with van der Waals surface area (Å²) < 4.78 is 21.5. The number of hydrogen-bond donors (Lipinski definition) is 3. The minimum absolute atomic E-state index is 0.0844. The second kappa shape index (κ2) is 18.1. The third kappa shape index (κ3) is 9.11. The van der Waals surface area contributed by atoms with Crippen LogP contribution in [0.15, 0.2) is 77.7 Å². The lowest BCUT2D eigenvalue weighted by Gasteiger charge is -2.40. The molecule has 0 radical (unpaired) electrons. The van der Waals surface area contributed by atoms with Gasteiger partial charge in [0, 0.05) is 106 Å². The average molecular weight is 965 g/mol. The van der Waals surface area contributed by atoms with Crippen molar-refractivity contribution in [2.45, 2.75) is 31.7 Å². The molecule has 9 rings (SSSR count). The Morgan fingerprint density at radius 2 is 1.60 bits per heavy atom.